The Morgan fingerprint density at radius 1 is 1.29 bits per heavy atom. The minimum atomic E-state index is 0.326. The van der Waals surface area contributed by atoms with E-state index < -0.39 is 0 Å². The van der Waals surface area contributed by atoms with E-state index in [4.69, 9.17) is 4.84 Å². The fourth-order valence-corrected chi connectivity index (χ4v) is 2.31. The molecule has 1 fully saturated rings. The van der Waals surface area contributed by atoms with Crippen LogP contribution in [-0.4, -0.2) is 16.8 Å². The van der Waals surface area contributed by atoms with E-state index in [0.29, 0.717) is 12.0 Å². The lowest BCUT2D eigenvalue weighted by atomic mass is 9.98. The van der Waals surface area contributed by atoms with E-state index >= 15 is 0 Å². The van der Waals surface area contributed by atoms with Gasteiger partial charge in [-0.1, -0.05) is 11.2 Å². The van der Waals surface area contributed by atoms with Crippen LogP contribution in [0.4, 0.5) is 0 Å². The lowest BCUT2D eigenvalue weighted by Crippen LogP contribution is -2.18. The first-order chi connectivity index (χ1) is 6.95. The maximum absolute atomic E-state index is 5.39. The monoisotopic (exact) mass is 188 g/mol. The summed E-state index contributed by atoms with van der Waals surface area (Å²) in [5.41, 5.74) is 2.02. The Morgan fingerprint density at radius 2 is 2.29 bits per heavy atom. The summed E-state index contributed by atoms with van der Waals surface area (Å²) >= 11 is 0. The highest BCUT2D eigenvalue weighted by Crippen LogP contribution is 2.35. The molecule has 72 valence electrons. The standard InChI is InChI=1S/C11H12N2O/c1-2-7-12-9(5-1)11-8-4-3-6-10(8)14-13-11/h1-2,5,7-8,10H,3-4,6H2. The Hall–Kier alpha value is -1.38. The third-order valence-electron chi connectivity index (χ3n) is 3.02. The van der Waals surface area contributed by atoms with Crippen LogP contribution in [0.25, 0.3) is 0 Å². The maximum atomic E-state index is 5.39. The average Bonchev–Trinajstić information content (AvgIpc) is 2.79. The van der Waals surface area contributed by atoms with Crippen LogP contribution < -0.4 is 0 Å². The van der Waals surface area contributed by atoms with Crippen LogP contribution in [0.3, 0.4) is 0 Å². The Labute approximate surface area is 82.8 Å². The average molecular weight is 188 g/mol. The van der Waals surface area contributed by atoms with Crippen molar-refractivity contribution in [1.82, 2.24) is 4.98 Å². The summed E-state index contributed by atoms with van der Waals surface area (Å²) in [4.78, 5) is 9.70. The Balaban J connectivity index is 1.93. The normalized spacial score (nSPS) is 29.6. The van der Waals surface area contributed by atoms with Gasteiger partial charge in [0.2, 0.25) is 0 Å². The third kappa shape index (κ3) is 1.12. The predicted octanol–water partition coefficient (Wildman–Crippen LogP) is 1.98. The number of aromatic nitrogens is 1. The molecule has 14 heavy (non-hydrogen) atoms. The molecule has 3 rings (SSSR count). The van der Waals surface area contributed by atoms with Gasteiger partial charge in [-0.3, -0.25) is 4.98 Å². The number of oxime groups is 1. The topological polar surface area (TPSA) is 34.5 Å². The molecule has 3 nitrogen and oxygen atoms in total. The van der Waals surface area contributed by atoms with Crippen molar-refractivity contribution in [2.24, 2.45) is 11.1 Å². The van der Waals surface area contributed by atoms with Gasteiger partial charge in [0.25, 0.3) is 0 Å². The molecule has 0 N–H and O–H groups in total. The Kier molecular flexibility index (Phi) is 1.76. The second-order valence-corrected chi connectivity index (χ2v) is 3.87. The number of rotatable bonds is 1. The number of fused-ring (bicyclic) bond motifs is 1. The molecule has 1 aliphatic carbocycles. The molecule has 0 radical (unpaired) electrons. The minimum absolute atomic E-state index is 0.326. The van der Waals surface area contributed by atoms with Crippen molar-refractivity contribution in [1.29, 1.82) is 0 Å². The van der Waals surface area contributed by atoms with Crippen LogP contribution in [-0.2, 0) is 4.84 Å². The molecule has 0 aromatic carbocycles. The van der Waals surface area contributed by atoms with Crippen LogP contribution in [0.15, 0.2) is 29.6 Å². The summed E-state index contributed by atoms with van der Waals surface area (Å²) in [6, 6.07) is 5.92. The zero-order valence-corrected chi connectivity index (χ0v) is 7.89. The summed E-state index contributed by atoms with van der Waals surface area (Å²) < 4.78 is 0. The van der Waals surface area contributed by atoms with Crippen LogP contribution in [0, 0.1) is 5.92 Å². The molecular weight excluding hydrogens is 176 g/mol. The van der Waals surface area contributed by atoms with Gasteiger partial charge in [-0.25, -0.2) is 0 Å². The zero-order chi connectivity index (χ0) is 9.38. The van der Waals surface area contributed by atoms with Gasteiger partial charge in [-0.2, -0.15) is 0 Å². The number of pyridine rings is 1. The summed E-state index contributed by atoms with van der Waals surface area (Å²) in [7, 11) is 0. The van der Waals surface area contributed by atoms with Crippen LogP contribution >= 0.6 is 0 Å². The molecule has 2 heterocycles. The van der Waals surface area contributed by atoms with Gasteiger partial charge < -0.3 is 4.84 Å². The molecular formula is C11H12N2O. The first-order valence-electron chi connectivity index (χ1n) is 5.10. The summed E-state index contributed by atoms with van der Waals surface area (Å²) in [6.07, 6.45) is 5.72. The van der Waals surface area contributed by atoms with Gasteiger partial charge in [-0.05, 0) is 31.4 Å². The molecule has 2 atom stereocenters. The minimum Gasteiger partial charge on any atom is -0.391 e. The predicted molar refractivity (Wildman–Crippen MR) is 53.0 cm³/mol. The van der Waals surface area contributed by atoms with Crippen molar-refractivity contribution >= 4 is 5.71 Å². The van der Waals surface area contributed by atoms with Gasteiger partial charge in [0, 0.05) is 12.1 Å². The van der Waals surface area contributed by atoms with Crippen molar-refractivity contribution in [2.75, 3.05) is 0 Å². The van der Waals surface area contributed by atoms with Crippen molar-refractivity contribution in [3.05, 3.63) is 30.1 Å². The lowest BCUT2D eigenvalue weighted by Gasteiger charge is -2.07. The quantitative estimate of drug-likeness (QED) is 0.675. The molecule has 1 aromatic heterocycles. The first-order valence-corrected chi connectivity index (χ1v) is 5.10. The van der Waals surface area contributed by atoms with Gasteiger partial charge in [0.15, 0.2) is 0 Å². The molecule has 0 saturated heterocycles. The molecule has 1 saturated carbocycles. The van der Waals surface area contributed by atoms with E-state index in [9.17, 15) is 0 Å². The van der Waals surface area contributed by atoms with E-state index in [1.165, 1.54) is 12.8 Å². The molecule has 2 aliphatic rings. The zero-order valence-electron chi connectivity index (χ0n) is 7.89. The summed E-state index contributed by atoms with van der Waals surface area (Å²) in [5, 5.41) is 4.14. The number of hydrogen-bond donors (Lipinski definition) is 0. The molecule has 0 amide bonds. The lowest BCUT2D eigenvalue weighted by molar-refractivity contribution is 0.0746. The highest BCUT2D eigenvalue weighted by molar-refractivity contribution is 6.01. The molecule has 1 aromatic rings. The smallest absolute Gasteiger partial charge is 0.136 e. The third-order valence-corrected chi connectivity index (χ3v) is 3.02. The number of nitrogens with zero attached hydrogens (tertiary/aromatic N) is 2. The van der Waals surface area contributed by atoms with Gasteiger partial charge in [0.05, 0.1) is 5.69 Å². The van der Waals surface area contributed by atoms with E-state index in [2.05, 4.69) is 10.1 Å². The second kappa shape index (κ2) is 3.08. The second-order valence-electron chi connectivity index (χ2n) is 3.87. The fraction of sp³-hybridized carbons (Fsp3) is 0.455. The maximum Gasteiger partial charge on any atom is 0.136 e. The van der Waals surface area contributed by atoms with Crippen LogP contribution in [0.5, 0.6) is 0 Å². The van der Waals surface area contributed by atoms with Crippen molar-refractivity contribution in [2.45, 2.75) is 25.4 Å². The van der Waals surface area contributed by atoms with E-state index in [0.717, 1.165) is 17.8 Å². The van der Waals surface area contributed by atoms with Crippen LogP contribution in [0.1, 0.15) is 25.0 Å². The first kappa shape index (κ1) is 7.97. The summed E-state index contributed by atoms with van der Waals surface area (Å²) in [6.45, 7) is 0. The molecule has 1 aliphatic heterocycles. The van der Waals surface area contributed by atoms with Crippen molar-refractivity contribution in [3.8, 4) is 0 Å². The van der Waals surface area contributed by atoms with Crippen molar-refractivity contribution in [3.63, 3.8) is 0 Å². The van der Waals surface area contributed by atoms with E-state index in [-0.39, 0.29) is 0 Å². The number of hydrogen-bond acceptors (Lipinski definition) is 3. The SMILES string of the molecule is c1ccc(C2=NOC3CCCC23)nc1. The molecule has 0 spiro atoms. The Morgan fingerprint density at radius 3 is 3.14 bits per heavy atom. The van der Waals surface area contributed by atoms with E-state index in [1.807, 2.05) is 18.2 Å². The largest absolute Gasteiger partial charge is 0.391 e. The Bertz CT molecular complexity index is 361. The van der Waals surface area contributed by atoms with Gasteiger partial charge >= 0.3 is 0 Å². The van der Waals surface area contributed by atoms with Gasteiger partial charge in [0.1, 0.15) is 11.8 Å². The highest BCUT2D eigenvalue weighted by atomic mass is 16.6. The van der Waals surface area contributed by atoms with Gasteiger partial charge in [-0.15, -0.1) is 0 Å². The molecule has 3 heteroatoms. The highest BCUT2D eigenvalue weighted by Gasteiger charge is 2.38. The fourth-order valence-electron chi connectivity index (χ4n) is 2.31. The van der Waals surface area contributed by atoms with E-state index in [1.54, 1.807) is 6.20 Å². The molecule has 2 unspecified atom stereocenters. The van der Waals surface area contributed by atoms with Crippen LogP contribution in [0.2, 0.25) is 0 Å². The summed E-state index contributed by atoms with van der Waals surface area (Å²) in [5.74, 6) is 0.491. The van der Waals surface area contributed by atoms with Crippen molar-refractivity contribution < 1.29 is 4.84 Å². The molecule has 0 bridgehead atoms.